The maximum absolute atomic E-state index is 11.7. The van der Waals surface area contributed by atoms with E-state index in [-0.39, 0.29) is 12.0 Å². The molecule has 1 aliphatic rings. The minimum absolute atomic E-state index is 0.112. The minimum Gasteiger partial charge on any atom is -0.397 e. The molecule has 0 aliphatic carbocycles. The molecule has 4 N–H and O–H groups in total. The normalized spacial score (nSPS) is 19.3. The summed E-state index contributed by atoms with van der Waals surface area (Å²) in [6.07, 6.45) is 1.50. The van der Waals surface area contributed by atoms with E-state index < -0.39 is 0 Å². The molecule has 1 heterocycles. The zero-order valence-corrected chi connectivity index (χ0v) is 11.2. The SMILES string of the molecule is CCNC(=O)c1ccc(N2CCCC(O)C2)c(N)c1. The van der Waals surface area contributed by atoms with Crippen LogP contribution in [0.5, 0.6) is 0 Å². The van der Waals surface area contributed by atoms with Gasteiger partial charge in [-0.1, -0.05) is 0 Å². The van der Waals surface area contributed by atoms with Crippen molar-refractivity contribution in [2.24, 2.45) is 0 Å². The number of amides is 1. The quantitative estimate of drug-likeness (QED) is 0.710. The van der Waals surface area contributed by atoms with Gasteiger partial charge >= 0.3 is 0 Å². The van der Waals surface area contributed by atoms with Gasteiger partial charge in [-0.05, 0) is 38.0 Å². The number of carbonyl (C=O) groups is 1. The lowest BCUT2D eigenvalue weighted by atomic mass is 10.1. The van der Waals surface area contributed by atoms with E-state index in [0.29, 0.717) is 24.3 Å². The molecule has 19 heavy (non-hydrogen) atoms. The molecule has 1 aromatic rings. The van der Waals surface area contributed by atoms with E-state index >= 15 is 0 Å². The number of anilines is 2. The van der Waals surface area contributed by atoms with Crippen molar-refractivity contribution in [1.82, 2.24) is 5.32 Å². The number of nitrogens with one attached hydrogen (secondary N) is 1. The molecule has 0 saturated carbocycles. The average molecular weight is 263 g/mol. The predicted molar refractivity (Wildman–Crippen MR) is 76.3 cm³/mol. The number of aliphatic hydroxyl groups is 1. The number of β-amino-alcohol motifs (C(OH)–C–C–N with tert-alkyl or cyclic N) is 1. The van der Waals surface area contributed by atoms with Crippen molar-refractivity contribution in [3.05, 3.63) is 23.8 Å². The number of aliphatic hydroxyl groups excluding tert-OH is 1. The van der Waals surface area contributed by atoms with Gasteiger partial charge in [0.25, 0.3) is 5.91 Å². The molecule has 2 rings (SSSR count). The third-order valence-corrected chi connectivity index (χ3v) is 3.36. The third kappa shape index (κ3) is 3.17. The van der Waals surface area contributed by atoms with Crippen molar-refractivity contribution in [3.8, 4) is 0 Å². The van der Waals surface area contributed by atoms with E-state index in [1.54, 1.807) is 12.1 Å². The van der Waals surface area contributed by atoms with Crippen LogP contribution in [-0.4, -0.2) is 36.8 Å². The maximum atomic E-state index is 11.7. The molecule has 1 saturated heterocycles. The Morgan fingerprint density at radius 2 is 2.37 bits per heavy atom. The lowest BCUT2D eigenvalue weighted by Gasteiger charge is -2.32. The lowest BCUT2D eigenvalue weighted by Crippen LogP contribution is -2.38. The van der Waals surface area contributed by atoms with E-state index in [1.165, 1.54) is 0 Å². The van der Waals surface area contributed by atoms with Crippen LogP contribution in [0, 0.1) is 0 Å². The van der Waals surface area contributed by atoms with Crippen LogP contribution < -0.4 is 16.0 Å². The molecule has 1 aliphatic heterocycles. The molecule has 0 bridgehead atoms. The number of piperidine rings is 1. The van der Waals surface area contributed by atoms with E-state index in [4.69, 9.17) is 5.73 Å². The Morgan fingerprint density at radius 3 is 3.00 bits per heavy atom. The zero-order valence-electron chi connectivity index (χ0n) is 11.2. The third-order valence-electron chi connectivity index (χ3n) is 3.36. The summed E-state index contributed by atoms with van der Waals surface area (Å²) < 4.78 is 0. The summed E-state index contributed by atoms with van der Waals surface area (Å²) in [4.78, 5) is 13.8. The predicted octanol–water partition coefficient (Wildman–Crippen LogP) is 0.980. The van der Waals surface area contributed by atoms with Crippen LogP contribution in [0.4, 0.5) is 11.4 Å². The fourth-order valence-electron chi connectivity index (χ4n) is 2.42. The van der Waals surface area contributed by atoms with Gasteiger partial charge in [0.05, 0.1) is 17.5 Å². The summed E-state index contributed by atoms with van der Waals surface area (Å²) in [7, 11) is 0. The van der Waals surface area contributed by atoms with Crippen molar-refractivity contribution in [3.63, 3.8) is 0 Å². The Morgan fingerprint density at radius 1 is 1.58 bits per heavy atom. The van der Waals surface area contributed by atoms with Crippen LogP contribution in [0.1, 0.15) is 30.1 Å². The second-order valence-electron chi connectivity index (χ2n) is 4.88. The number of nitrogens with zero attached hydrogens (tertiary/aromatic N) is 1. The maximum Gasteiger partial charge on any atom is 0.251 e. The van der Waals surface area contributed by atoms with Crippen LogP contribution in [-0.2, 0) is 0 Å². The largest absolute Gasteiger partial charge is 0.397 e. The summed E-state index contributed by atoms with van der Waals surface area (Å²) in [5.41, 5.74) is 8.07. The van der Waals surface area contributed by atoms with Gasteiger partial charge in [0.15, 0.2) is 0 Å². The topological polar surface area (TPSA) is 78.6 Å². The van der Waals surface area contributed by atoms with Crippen molar-refractivity contribution >= 4 is 17.3 Å². The van der Waals surface area contributed by atoms with Gasteiger partial charge in [-0.15, -0.1) is 0 Å². The fourth-order valence-corrected chi connectivity index (χ4v) is 2.42. The first-order valence-corrected chi connectivity index (χ1v) is 6.72. The van der Waals surface area contributed by atoms with E-state index in [1.807, 2.05) is 13.0 Å². The van der Waals surface area contributed by atoms with Crippen LogP contribution in [0.3, 0.4) is 0 Å². The molecule has 0 aromatic heterocycles. The number of benzene rings is 1. The molecule has 1 atom stereocenters. The van der Waals surface area contributed by atoms with Crippen LogP contribution in [0.2, 0.25) is 0 Å². The van der Waals surface area contributed by atoms with Gasteiger partial charge < -0.3 is 21.1 Å². The first-order chi connectivity index (χ1) is 9.11. The summed E-state index contributed by atoms with van der Waals surface area (Å²) in [6.45, 7) is 3.97. The number of nitrogen functional groups attached to an aromatic ring is 1. The summed E-state index contributed by atoms with van der Waals surface area (Å²) in [5, 5.41) is 12.4. The second kappa shape index (κ2) is 5.93. The lowest BCUT2D eigenvalue weighted by molar-refractivity contribution is 0.0956. The summed E-state index contributed by atoms with van der Waals surface area (Å²) >= 11 is 0. The molecule has 0 radical (unpaired) electrons. The van der Waals surface area contributed by atoms with Crippen molar-refractivity contribution in [2.45, 2.75) is 25.9 Å². The Kier molecular flexibility index (Phi) is 4.27. The van der Waals surface area contributed by atoms with Crippen LogP contribution in [0.15, 0.2) is 18.2 Å². The number of nitrogens with two attached hydrogens (primary N) is 1. The highest BCUT2D eigenvalue weighted by molar-refractivity contribution is 5.96. The molecular formula is C14H21N3O2. The van der Waals surface area contributed by atoms with Gasteiger partial charge in [-0.3, -0.25) is 4.79 Å². The van der Waals surface area contributed by atoms with Gasteiger partial charge in [0.2, 0.25) is 0 Å². The molecular weight excluding hydrogens is 242 g/mol. The molecule has 5 heteroatoms. The molecule has 1 aromatic carbocycles. The number of carbonyl (C=O) groups excluding carboxylic acids is 1. The highest BCUT2D eigenvalue weighted by Crippen LogP contribution is 2.27. The molecule has 1 amide bonds. The first kappa shape index (κ1) is 13.7. The molecule has 1 unspecified atom stereocenters. The van der Waals surface area contributed by atoms with Crippen LogP contribution in [0.25, 0.3) is 0 Å². The van der Waals surface area contributed by atoms with E-state index in [2.05, 4.69) is 10.2 Å². The summed E-state index contributed by atoms with van der Waals surface area (Å²) in [5.74, 6) is -0.112. The summed E-state index contributed by atoms with van der Waals surface area (Å²) in [6, 6.07) is 5.33. The highest BCUT2D eigenvalue weighted by atomic mass is 16.3. The molecule has 0 spiro atoms. The standard InChI is InChI=1S/C14H21N3O2/c1-2-16-14(19)10-5-6-13(12(15)8-10)17-7-3-4-11(18)9-17/h5-6,8,11,18H,2-4,7,9,15H2,1H3,(H,16,19). The van der Waals surface area contributed by atoms with Crippen molar-refractivity contribution in [2.75, 3.05) is 30.3 Å². The molecule has 1 fully saturated rings. The minimum atomic E-state index is -0.295. The van der Waals surface area contributed by atoms with E-state index in [0.717, 1.165) is 25.1 Å². The fraction of sp³-hybridized carbons (Fsp3) is 0.500. The Hall–Kier alpha value is -1.75. The van der Waals surface area contributed by atoms with Crippen LogP contribution >= 0.6 is 0 Å². The van der Waals surface area contributed by atoms with Gasteiger partial charge in [-0.2, -0.15) is 0 Å². The Labute approximate surface area is 113 Å². The Bertz CT molecular complexity index is 462. The van der Waals surface area contributed by atoms with E-state index in [9.17, 15) is 9.90 Å². The van der Waals surface area contributed by atoms with Gasteiger partial charge in [0, 0.05) is 25.2 Å². The second-order valence-corrected chi connectivity index (χ2v) is 4.88. The monoisotopic (exact) mass is 263 g/mol. The average Bonchev–Trinajstić information content (AvgIpc) is 2.38. The highest BCUT2D eigenvalue weighted by Gasteiger charge is 2.20. The van der Waals surface area contributed by atoms with Crippen molar-refractivity contribution in [1.29, 1.82) is 0 Å². The number of hydrogen-bond donors (Lipinski definition) is 3. The smallest absolute Gasteiger partial charge is 0.251 e. The first-order valence-electron chi connectivity index (χ1n) is 6.72. The van der Waals surface area contributed by atoms with Gasteiger partial charge in [0.1, 0.15) is 0 Å². The zero-order chi connectivity index (χ0) is 13.8. The van der Waals surface area contributed by atoms with Gasteiger partial charge in [-0.25, -0.2) is 0 Å². The molecule has 5 nitrogen and oxygen atoms in total. The number of hydrogen-bond acceptors (Lipinski definition) is 4. The Balaban J connectivity index is 2.17. The number of rotatable bonds is 3. The molecule has 104 valence electrons. The van der Waals surface area contributed by atoms with Crippen molar-refractivity contribution < 1.29 is 9.90 Å².